The number of anilines is 1. The van der Waals surface area contributed by atoms with Crippen molar-refractivity contribution in [3.63, 3.8) is 0 Å². The Balaban J connectivity index is 3.22. The number of carbonyl (C=O) groups is 2. The Labute approximate surface area is 115 Å². The number of ketones is 1. The van der Waals surface area contributed by atoms with Gasteiger partial charge in [-0.25, -0.2) is 0 Å². The summed E-state index contributed by atoms with van der Waals surface area (Å²) in [5.74, 6) is -2.43. The van der Waals surface area contributed by atoms with Crippen LogP contribution in [0.3, 0.4) is 0 Å². The van der Waals surface area contributed by atoms with Crippen molar-refractivity contribution in [3.05, 3.63) is 29.3 Å². The molecule has 0 spiro atoms. The minimum absolute atomic E-state index is 0.127. The summed E-state index contributed by atoms with van der Waals surface area (Å²) in [5, 5.41) is 2.37. The standard InChI is InChI=1S/C14H16F3NO2/c1-8-5-6-10(18-12(20)13(2,3)4)9(7-8)11(19)14(15,16)17/h5-7H,1-4H3,(H,18,20). The second kappa shape index (κ2) is 5.26. The molecule has 1 N–H and O–H groups in total. The van der Waals surface area contributed by atoms with Gasteiger partial charge in [0.1, 0.15) is 0 Å². The van der Waals surface area contributed by atoms with E-state index in [0.29, 0.717) is 5.56 Å². The molecule has 3 nitrogen and oxygen atoms in total. The Morgan fingerprint density at radius 3 is 2.10 bits per heavy atom. The second-order valence-corrected chi connectivity index (χ2v) is 5.58. The zero-order valence-electron chi connectivity index (χ0n) is 11.7. The Morgan fingerprint density at radius 2 is 1.65 bits per heavy atom. The molecular weight excluding hydrogens is 271 g/mol. The van der Waals surface area contributed by atoms with Crippen molar-refractivity contribution in [2.45, 2.75) is 33.9 Å². The summed E-state index contributed by atoms with van der Waals surface area (Å²) in [4.78, 5) is 23.2. The number of benzene rings is 1. The number of hydrogen-bond donors (Lipinski definition) is 1. The minimum atomic E-state index is -4.98. The van der Waals surface area contributed by atoms with E-state index in [2.05, 4.69) is 5.32 Å². The summed E-state index contributed by atoms with van der Waals surface area (Å²) < 4.78 is 37.7. The molecule has 0 unspecified atom stereocenters. The number of amides is 1. The molecule has 0 aromatic heterocycles. The van der Waals surface area contributed by atoms with Crippen molar-refractivity contribution in [3.8, 4) is 0 Å². The topological polar surface area (TPSA) is 46.2 Å². The van der Waals surface area contributed by atoms with Gasteiger partial charge in [-0.05, 0) is 19.1 Å². The van der Waals surface area contributed by atoms with Gasteiger partial charge in [-0.3, -0.25) is 9.59 Å². The third-order valence-corrected chi connectivity index (χ3v) is 2.61. The Hall–Kier alpha value is -1.85. The molecule has 0 saturated carbocycles. The number of Topliss-reactive ketones (excluding diaryl/α,β-unsaturated/α-hetero) is 1. The number of aryl methyl sites for hydroxylation is 1. The van der Waals surface area contributed by atoms with Crippen LogP contribution in [0.15, 0.2) is 18.2 Å². The molecule has 6 heteroatoms. The zero-order chi connectivity index (χ0) is 15.7. The van der Waals surface area contributed by atoms with Crippen LogP contribution in [0.4, 0.5) is 18.9 Å². The molecule has 0 saturated heterocycles. The zero-order valence-corrected chi connectivity index (χ0v) is 11.7. The fourth-order valence-corrected chi connectivity index (χ4v) is 1.42. The summed E-state index contributed by atoms with van der Waals surface area (Å²) in [5.41, 5.74) is -0.942. The van der Waals surface area contributed by atoms with Gasteiger partial charge in [0.25, 0.3) is 5.78 Å². The highest BCUT2D eigenvalue weighted by Crippen LogP contribution is 2.28. The lowest BCUT2D eigenvalue weighted by Crippen LogP contribution is -2.30. The quantitative estimate of drug-likeness (QED) is 0.842. The van der Waals surface area contributed by atoms with Gasteiger partial charge in [-0.15, -0.1) is 0 Å². The van der Waals surface area contributed by atoms with Gasteiger partial charge in [0.2, 0.25) is 5.91 Å². The molecular formula is C14H16F3NO2. The van der Waals surface area contributed by atoms with Crippen LogP contribution in [-0.4, -0.2) is 17.9 Å². The Morgan fingerprint density at radius 1 is 1.10 bits per heavy atom. The van der Waals surface area contributed by atoms with Gasteiger partial charge in [0.05, 0.1) is 11.3 Å². The largest absolute Gasteiger partial charge is 0.454 e. The summed E-state index contributed by atoms with van der Waals surface area (Å²) in [7, 11) is 0. The molecule has 1 aromatic rings. The first kappa shape index (κ1) is 16.2. The van der Waals surface area contributed by atoms with E-state index in [-0.39, 0.29) is 5.69 Å². The normalized spacial score (nSPS) is 12.2. The lowest BCUT2D eigenvalue weighted by Gasteiger charge is -2.19. The predicted molar refractivity (Wildman–Crippen MR) is 69.6 cm³/mol. The molecule has 1 rings (SSSR count). The average Bonchev–Trinajstić information content (AvgIpc) is 2.27. The summed E-state index contributed by atoms with van der Waals surface area (Å²) >= 11 is 0. The van der Waals surface area contributed by atoms with Gasteiger partial charge in [-0.2, -0.15) is 13.2 Å². The van der Waals surface area contributed by atoms with Crippen LogP contribution in [0.2, 0.25) is 0 Å². The third-order valence-electron chi connectivity index (χ3n) is 2.61. The van der Waals surface area contributed by atoms with Crippen LogP contribution in [0, 0.1) is 12.3 Å². The van der Waals surface area contributed by atoms with Gasteiger partial charge in [0, 0.05) is 5.41 Å². The molecule has 110 valence electrons. The van der Waals surface area contributed by atoms with Crippen LogP contribution < -0.4 is 5.32 Å². The molecule has 0 aliphatic heterocycles. The van der Waals surface area contributed by atoms with Crippen LogP contribution in [0.25, 0.3) is 0 Å². The minimum Gasteiger partial charge on any atom is -0.325 e. The predicted octanol–water partition coefficient (Wildman–Crippen LogP) is 3.72. The lowest BCUT2D eigenvalue weighted by molar-refractivity contribution is -0.123. The first-order valence-electron chi connectivity index (χ1n) is 5.96. The van der Waals surface area contributed by atoms with Crippen molar-refractivity contribution in [1.82, 2.24) is 0 Å². The monoisotopic (exact) mass is 287 g/mol. The fourth-order valence-electron chi connectivity index (χ4n) is 1.42. The molecule has 0 radical (unpaired) electrons. The molecule has 0 heterocycles. The van der Waals surface area contributed by atoms with E-state index in [9.17, 15) is 22.8 Å². The number of nitrogens with one attached hydrogen (secondary N) is 1. The summed E-state index contributed by atoms with van der Waals surface area (Å²) in [6, 6.07) is 3.96. The van der Waals surface area contributed by atoms with Crippen molar-refractivity contribution in [2.24, 2.45) is 5.41 Å². The number of carbonyl (C=O) groups excluding carboxylic acids is 2. The van der Waals surface area contributed by atoms with E-state index in [1.54, 1.807) is 27.7 Å². The highest BCUT2D eigenvalue weighted by Gasteiger charge is 2.40. The molecule has 0 atom stereocenters. The number of rotatable bonds is 2. The Kier molecular flexibility index (Phi) is 4.27. The van der Waals surface area contributed by atoms with E-state index < -0.39 is 28.8 Å². The van der Waals surface area contributed by atoms with Crippen LogP contribution in [0.5, 0.6) is 0 Å². The van der Waals surface area contributed by atoms with Crippen molar-refractivity contribution in [1.29, 1.82) is 0 Å². The van der Waals surface area contributed by atoms with E-state index in [1.165, 1.54) is 12.1 Å². The molecule has 0 aliphatic rings. The summed E-state index contributed by atoms with van der Waals surface area (Å²) in [6.45, 7) is 6.45. The fraction of sp³-hybridized carbons (Fsp3) is 0.429. The maximum atomic E-state index is 12.6. The maximum Gasteiger partial charge on any atom is 0.454 e. The lowest BCUT2D eigenvalue weighted by atomic mass is 9.95. The molecule has 1 amide bonds. The van der Waals surface area contributed by atoms with Crippen molar-refractivity contribution >= 4 is 17.4 Å². The van der Waals surface area contributed by atoms with Gasteiger partial charge >= 0.3 is 6.18 Å². The van der Waals surface area contributed by atoms with Crippen molar-refractivity contribution < 1.29 is 22.8 Å². The van der Waals surface area contributed by atoms with E-state index >= 15 is 0 Å². The summed E-state index contributed by atoms with van der Waals surface area (Å²) in [6.07, 6.45) is -4.98. The molecule has 20 heavy (non-hydrogen) atoms. The van der Waals surface area contributed by atoms with Gasteiger partial charge in [0.15, 0.2) is 0 Å². The first-order valence-corrected chi connectivity index (χ1v) is 5.96. The SMILES string of the molecule is Cc1ccc(NC(=O)C(C)(C)C)c(C(=O)C(F)(F)F)c1. The maximum absolute atomic E-state index is 12.6. The third kappa shape index (κ3) is 3.82. The van der Waals surface area contributed by atoms with Crippen LogP contribution >= 0.6 is 0 Å². The molecule has 0 bridgehead atoms. The number of hydrogen-bond acceptors (Lipinski definition) is 2. The number of halogens is 3. The second-order valence-electron chi connectivity index (χ2n) is 5.58. The molecule has 0 fully saturated rings. The number of alkyl halides is 3. The Bertz CT molecular complexity index is 542. The average molecular weight is 287 g/mol. The van der Waals surface area contributed by atoms with Crippen LogP contribution in [0.1, 0.15) is 36.7 Å². The van der Waals surface area contributed by atoms with E-state index in [0.717, 1.165) is 6.07 Å². The molecule has 1 aromatic carbocycles. The van der Waals surface area contributed by atoms with Gasteiger partial charge in [-0.1, -0.05) is 32.4 Å². The highest BCUT2D eigenvalue weighted by molar-refractivity contribution is 6.08. The highest BCUT2D eigenvalue weighted by atomic mass is 19.4. The van der Waals surface area contributed by atoms with E-state index in [1.807, 2.05) is 0 Å². The smallest absolute Gasteiger partial charge is 0.325 e. The first-order chi connectivity index (χ1) is 8.93. The van der Waals surface area contributed by atoms with Gasteiger partial charge < -0.3 is 5.32 Å². The van der Waals surface area contributed by atoms with E-state index in [4.69, 9.17) is 0 Å². The van der Waals surface area contributed by atoms with Crippen LogP contribution in [-0.2, 0) is 4.79 Å². The van der Waals surface area contributed by atoms with Crippen molar-refractivity contribution in [2.75, 3.05) is 5.32 Å². The molecule has 0 aliphatic carbocycles.